The van der Waals surface area contributed by atoms with E-state index >= 15 is 0 Å². The predicted molar refractivity (Wildman–Crippen MR) is 129 cm³/mol. The van der Waals surface area contributed by atoms with Crippen LogP contribution in [0.1, 0.15) is 63.7 Å². The monoisotopic (exact) mass is 442 g/mol. The Hall–Kier alpha value is -2.18. The van der Waals surface area contributed by atoms with Crippen molar-refractivity contribution < 1.29 is 9.47 Å². The summed E-state index contributed by atoms with van der Waals surface area (Å²) in [5.74, 6) is 0. The quantitative estimate of drug-likeness (QED) is 0.601. The number of thiocarbonyl (C=S) groups is 2. The molecule has 0 unspecified atom stereocenters. The summed E-state index contributed by atoms with van der Waals surface area (Å²) in [4.78, 5) is 0. The van der Waals surface area contributed by atoms with Crippen molar-refractivity contribution in [2.45, 2.75) is 63.8 Å². The molecule has 2 aromatic rings. The Morgan fingerprint density at radius 1 is 0.700 bits per heavy atom. The first-order chi connectivity index (χ1) is 14.3. The van der Waals surface area contributed by atoms with Crippen LogP contribution >= 0.6 is 24.4 Å². The van der Waals surface area contributed by atoms with E-state index in [1.165, 1.54) is 11.1 Å². The molecular formula is C24H30N2O2S2. The lowest BCUT2D eigenvalue weighted by Gasteiger charge is -2.27. The molecule has 0 aromatic heterocycles. The number of ether oxygens (including phenoxy) is 2. The van der Waals surface area contributed by atoms with Gasteiger partial charge in [-0.15, -0.1) is 0 Å². The zero-order valence-corrected chi connectivity index (χ0v) is 19.6. The Morgan fingerprint density at radius 2 is 1.03 bits per heavy atom. The highest BCUT2D eigenvalue weighted by atomic mass is 32.1. The van der Waals surface area contributed by atoms with E-state index in [0.29, 0.717) is 10.3 Å². The summed E-state index contributed by atoms with van der Waals surface area (Å²) >= 11 is 10.2. The Labute approximate surface area is 190 Å². The van der Waals surface area contributed by atoms with Crippen molar-refractivity contribution in [2.75, 3.05) is 0 Å². The molecule has 0 aliphatic carbocycles. The second-order valence-corrected chi connectivity index (χ2v) is 8.83. The summed E-state index contributed by atoms with van der Waals surface area (Å²) in [6.07, 6.45) is 1.86. The first kappa shape index (κ1) is 22.5. The Kier molecular flexibility index (Phi) is 6.98. The summed E-state index contributed by atoms with van der Waals surface area (Å²) < 4.78 is 11.4. The van der Waals surface area contributed by atoms with Crippen LogP contribution in [0.25, 0.3) is 0 Å². The first-order valence-electron chi connectivity index (χ1n) is 10.4. The van der Waals surface area contributed by atoms with E-state index in [0.717, 1.165) is 12.8 Å². The number of benzene rings is 2. The van der Waals surface area contributed by atoms with Crippen LogP contribution in [0.15, 0.2) is 60.7 Å². The van der Waals surface area contributed by atoms with Crippen molar-refractivity contribution in [1.82, 2.24) is 10.6 Å². The van der Waals surface area contributed by atoms with Crippen LogP contribution in [-0.2, 0) is 9.47 Å². The van der Waals surface area contributed by atoms with Crippen LogP contribution in [0.3, 0.4) is 0 Å². The molecule has 2 N–H and O–H groups in total. The summed E-state index contributed by atoms with van der Waals surface area (Å²) in [6, 6.07) is 20.9. The number of hydrogen-bond donors (Lipinski definition) is 2. The normalized spacial score (nSPS) is 29.7. The van der Waals surface area contributed by atoms with E-state index in [-0.39, 0.29) is 23.3 Å². The highest BCUT2D eigenvalue weighted by Crippen LogP contribution is 2.37. The molecule has 2 heterocycles. The van der Waals surface area contributed by atoms with Crippen LogP contribution in [0.2, 0.25) is 0 Å². The largest absolute Gasteiger partial charge is 0.462 e. The molecule has 0 radical (unpaired) electrons. The van der Waals surface area contributed by atoms with Crippen LogP contribution in [0.5, 0.6) is 0 Å². The standard InChI is InChI=1S/2C12H15NOS/c2*1-3-12(2)10(13-11(15)14-12)9-7-5-4-6-8-9/h2*4-8,10H,3H2,1-2H3,(H,13,15)/t10-,12+;10-,12-/m00/s1. The molecule has 0 amide bonds. The molecule has 4 atom stereocenters. The smallest absolute Gasteiger partial charge is 0.257 e. The Balaban J connectivity index is 0.000000171. The molecule has 2 fully saturated rings. The molecule has 0 saturated carbocycles. The van der Waals surface area contributed by atoms with Gasteiger partial charge < -0.3 is 20.1 Å². The van der Waals surface area contributed by atoms with Crippen molar-refractivity contribution in [3.63, 3.8) is 0 Å². The maximum atomic E-state index is 5.69. The van der Waals surface area contributed by atoms with E-state index in [4.69, 9.17) is 33.9 Å². The maximum Gasteiger partial charge on any atom is 0.257 e. The third-order valence-corrected chi connectivity index (χ3v) is 6.47. The third kappa shape index (κ3) is 4.76. The Bertz CT molecular complexity index is 804. The first-order valence-corrected chi connectivity index (χ1v) is 11.2. The summed E-state index contributed by atoms with van der Waals surface area (Å²) in [7, 11) is 0. The van der Waals surface area contributed by atoms with Crippen LogP contribution in [0, 0.1) is 0 Å². The van der Waals surface area contributed by atoms with Crippen LogP contribution < -0.4 is 10.6 Å². The lowest BCUT2D eigenvalue weighted by atomic mass is 9.89. The van der Waals surface area contributed by atoms with Gasteiger partial charge in [-0.25, -0.2) is 0 Å². The van der Waals surface area contributed by atoms with Crippen molar-refractivity contribution in [2.24, 2.45) is 0 Å². The lowest BCUT2D eigenvalue weighted by Crippen LogP contribution is -2.32. The fourth-order valence-corrected chi connectivity index (χ4v) is 4.47. The van der Waals surface area contributed by atoms with Crippen molar-refractivity contribution in [3.05, 3.63) is 71.8 Å². The van der Waals surface area contributed by atoms with Gasteiger partial charge in [-0.2, -0.15) is 0 Å². The van der Waals surface area contributed by atoms with Gasteiger partial charge in [-0.05, 0) is 62.3 Å². The molecule has 30 heavy (non-hydrogen) atoms. The predicted octanol–water partition coefficient (Wildman–Crippen LogP) is 5.60. The second-order valence-electron chi connectivity index (χ2n) is 8.09. The average molecular weight is 443 g/mol. The SMILES string of the molecule is CC[C@@]1(C)OC(=S)N[C@H]1c1ccccc1.CC[C@]1(C)OC(=S)N[C@H]1c1ccccc1. The van der Waals surface area contributed by atoms with Crippen molar-refractivity contribution in [3.8, 4) is 0 Å². The summed E-state index contributed by atoms with van der Waals surface area (Å²) in [5, 5.41) is 7.46. The minimum Gasteiger partial charge on any atom is -0.462 e. The number of rotatable bonds is 4. The van der Waals surface area contributed by atoms with Gasteiger partial charge in [0.05, 0.1) is 12.1 Å². The maximum absolute atomic E-state index is 5.69. The van der Waals surface area contributed by atoms with Crippen molar-refractivity contribution >= 4 is 34.8 Å². The molecule has 0 spiro atoms. The molecule has 6 heteroatoms. The molecule has 0 bridgehead atoms. The van der Waals surface area contributed by atoms with Gasteiger partial charge in [0.15, 0.2) is 0 Å². The average Bonchev–Trinajstić information content (AvgIpc) is 3.25. The van der Waals surface area contributed by atoms with Gasteiger partial charge in [-0.3, -0.25) is 0 Å². The van der Waals surface area contributed by atoms with E-state index in [1.54, 1.807) is 0 Å². The second kappa shape index (κ2) is 9.31. The fourth-order valence-electron chi connectivity index (χ4n) is 3.86. The van der Waals surface area contributed by atoms with Crippen LogP contribution in [0.4, 0.5) is 0 Å². The molecule has 2 aliphatic heterocycles. The highest BCUT2D eigenvalue weighted by molar-refractivity contribution is 7.80. The summed E-state index contributed by atoms with van der Waals surface area (Å²) in [5.41, 5.74) is 2.00. The van der Waals surface area contributed by atoms with Crippen LogP contribution in [-0.4, -0.2) is 21.6 Å². The van der Waals surface area contributed by atoms with Gasteiger partial charge in [0.1, 0.15) is 11.2 Å². The zero-order valence-electron chi connectivity index (χ0n) is 18.0. The molecule has 2 aromatic carbocycles. The minimum absolute atomic E-state index is 0.163. The highest BCUT2D eigenvalue weighted by Gasteiger charge is 2.43. The van der Waals surface area contributed by atoms with Gasteiger partial charge >= 0.3 is 0 Å². The topological polar surface area (TPSA) is 42.5 Å². The van der Waals surface area contributed by atoms with Crippen molar-refractivity contribution in [1.29, 1.82) is 0 Å². The van der Waals surface area contributed by atoms with Gasteiger partial charge in [0, 0.05) is 0 Å². The molecule has 4 rings (SSSR count). The molecular weight excluding hydrogens is 412 g/mol. The van der Waals surface area contributed by atoms with Gasteiger partial charge in [-0.1, -0.05) is 74.5 Å². The zero-order chi connectivity index (χ0) is 21.8. The number of hydrogen-bond acceptors (Lipinski definition) is 4. The lowest BCUT2D eigenvalue weighted by molar-refractivity contribution is 0.0803. The van der Waals surface area contributed by atoms with Gasteiger partial charge in [0.2, 0.25) is 0 Å². The third-order valence-electron chi connectivity index (χ3n) is 6.07. The van der Waals surface area contributed by atoms with E-state index in [9.17, 15) is 0 Å². The van der Waals surface area contributed by atoms with E-state index in [1.807, 2.05) is 36.4 Å². The fraction of sp³-hybridized carbons (Fsp3) is 0.417. The molecule has 2 saturated heterocycles. The molecule has 160 valence electrons. The number of nitrogens with one attached hydrogen (secondary N) is 2. The van der Waals surface area contributed by atoms with Gasteiger partial charge in [0.25, 0.3) is 10.3 Å². The molecule has 4 nitrogen and oxygen atoms in total. The summed E-state index contributed by atoms with van der Waals surface area (Å²) in [6.45, 7) is 8.42. The molecule has 2 aliphatic rings. The Morgan fingerprint density at radius 3 is 1.33 bits per heavy atom. The minimum atomic E-state index is -0.224. The van der Waals surface area contributed by atoms with E-state index in [2.05, 4.69) is 62.6 Å². The van der Waals surface area contributed by atoms with E-state index < -0.39 is 0 Å².